The number of hydrogen-bond donors (Lipinski definition) is 1. The van der Waals surface area contributed by atoms with Crippen molar-refractivity contribution < 1.29 is 14.3 Å². The molecule has 0 saturated heterocycles. The first-order valence-electron chi connectivity index (χ1n) is 8.17. The Morgan fingerprint density at radius 1 is 1.19 bits per heavy atom. The smallest absolute Gasteiger partial charge is 0.358 e. The maximum absolute atomic E-state index is 12.0. The maximum Gasteiger partial charge on any atom is 0.358 e. The van der Waals surface area contributed by atoms with E-state index in [1.165, 1.54) is 0 Å². The van der Waals surface area contributed by atoms with E-state index in [2.05, 4.69) is 15.5 Å². The second kappa shape index (κ2) is 7.64. The van der Waals surface area contributed by atoms with Gasteiger partial charge in [0.25, 0.3) is 0 Å². The Balaban J connectivity index is 1.63. The summed E-state index contributed by atoms with van der Waals surface area (Å²) in [6.07, 6.45) is 5.19. The highest BCUT2D eigenvalue weighted by atomic mass is 16.5. The van der Waals surface area contributed by atoms with E-state index in [1.807, 2.05) is 13.1 Å². The first-order chi connectivity index (χ1) is 12.5. The van der Waals surface area contributed by atoms with Crippen molar-refractivity contribution >= 4 is 17.6 Å². The molecule has 0 aliphatic rings. The lowest BCUT2D eigenvalue weighted by Gasteiger charge is -2.07. The van der Waals surface area contributed by atoms with Gasteiger partial charge in [-0.2, -0.15) is 10.2 Å². The quantitative estimate of drug-likeness (QED) is 0.686. The van der Waals surface area contributed by atoms with Crippen LogP contribution in [0.4, 0.5) is 5.69 Å². The summed E-state index contributed by atoms with van der Waals surface area (Å²) >= 11 is 0. The van der Waals surface area contributed by atoms with Gasteiger partial charge >= 0.3 is 5.97 Å². The van der Waals surface area contributed by atoms with Crippen molar-refractivity contribution in [3.63, 3.8) is 0 Å². The van der Waals surface area contributed by atoms with Gasteiger partial charge in [0.1, 0.15) is 6.54 Å². The molecular weight excluding hydrogens is 334 g/mol. The zero-order valence-corrected chi connectivity index (χ0v) is 14.5. The van der Waals surface area contributed by atoms with E-state index in [0.29, 0.717) is 12.3 Å². The molecule has 0 saturated carbocycles. The number of benzene rings is 1. The largest absolute Gasteiger partial charge is 0.461 e. The van der Waals surface area contributed by atoms with Crippen molar-refractivity contribution in [3.05, 3.63) is 60.2 Å². The fourth-order valence-corrected chi connectivity index (χ4v) is 2.38. The Labute approximate surface area is 150 Å². The number of aromatic nitrogens is 4. The van der Waals surface area contributed by atoms with Gasteiger partial charge < -0.3 is 10.1 Å². The average Bonchev–Trinajstić information content (AvgIpc) is 3.25. The van der Waals surface area contributed by atoms with Crippen molar-refractivity contribution in [1.29, 1.82) is 0 Å². The summed E-state index contributed by atoms with van der Waals surface area (Å²) in [5.74, 6) is -0.617. The number of nitrogens with zero attached hydrogens (tertiary/aromatic N) is 4. The van der Waals surface area contributed by atoms with E-state index in [1.54, 1.807) is 59.0 Å². The summed E-state index contributed by atoms with van der Waals surface area (Å²) in [4.78, 5) is 23.7. The number of rotatable bonds is 6. The molecular formula is C18H19N5O3. The molecule has 0 atom stereocenters. The van der Waals surface area contributed by atoms with Crippen LogP contribution in [0.15, 0.2) is 48.9 Å². The number of nitrogens with one attached hydrogen (secondary N) is 1. The first kappa shape index (κ1) is 17.4. The van der Waals surface area contributed by atoms with Gasteiger partial charge in [-0.25, -0.2) is 9.48 Å². The monoisotopic (exact) mass is 353 g/mol. The number of carbonyl (C=O) groups is 2. The Morgan fingerprint density at radius 3 is 2.62 bits per heavy atom. The third-order valence-corrected chi connectivity index (χ3v) is 3.56. The number of hydrogen-bond acceptors (Lipinski definition) is 5. The van der Waals surface area contributed by atoms with Crippen molar-refractivity contribution in [2.45, 2.75) is 20.4 Å². The molecule has 26 heavy (non-hydrogen) atoms. The van der Waals surface area contributed by atoms with Crippen LogP contribution in [0.1, 0.15) is 23.0 Å². The molecule has 0 fully saturated rings. The number of amides is 1. The highest BCUT2D eigenvalue weighted by Gasteiger charge is 2.11. The van der Waals surface area contributed by atoms with Crippen LogP contribution in [0.5, 0.6) is 0 Å². The SMILES string of the molecule is CCOC(=O)c1ccn(-c2ccc(NC(=O)Cn3cc(C)cn3)cc2)n1. The van der Waals surface area contributed by atoms with Crippen LogP contribution in [0.25, 0.3) is 5.69 Å². The zero-order chi connectivity index (χ0) is 18.5. The summed E-state index contributed by atoms with van der Waals surface area (Å²) in [5.41, 5.74) is 2.68. The number of carbonyl (C=O) groups excluding carboxylic acids is 2. The minimum Gasteiger partial charge on any atom is -0.461 e. The molecule has 8 nitrogen and oxygen atoms in total. The molecule has 1 amide bonds. The Hall–Kier alpha value is -3.42. The molecule has 0 unspecified atom stereocenters. The van der Waals surface area contributed by atoms with Gasteiger partial charge in [-0.05, 0) is 49.7 Å². The van der Waals surface area contributed by atoms with Crippen LogP contribution in [-0.2, 0) is 16.1 Å². The van der Waals surface area contributed by atoms with Gasteiger partial charge in [0, 0.05) is 18.1 Å². The second-order valence-corrected chi connectivity index (χ2v) is 5.68. The third kappa shape index (κ3) is 4.15. The molecule has 0 bridgehead atoms. The maximum atomic E-state index is 12.0. The van der Waals surface area contributed by atoms with Crippen LogP contribution >= 0.6 is 0 Å². The third-order valence-electron chi connectivity index (χ3n) is 3.56. The molecule has 0 aliphatic carbocycles. The molecule has 134 valence electrons. The Kier molecular flexibility index (Phi) is 5.12. The average molecular weight is 353 g/mol. The fourth-order valence-electron chi connectivity index (χ4n) is 2.38. The van der Waals surface area contributed by atoms with Gasteiger partial charge in [0.2, 0.25) is 5.91 Å². The van der Waals surface area contributed by atoms with Crippen molar-refractivity contribution in [1.82, 2.24) is 19.6 Å². The second-order valence-electron chi connectivity index (χ2n) is 5.68. The van der Waals surface area contributed by atoms with Crippen LogP contribution < -0.4 is 5.32 Å². The first-order valence-corrected chi connectivity index (χ1v) is 8.17. The van der Waals surface area contributed by atoms with E-state index >= 15 is 0 Å². The predicted molar refractivity (Wildman–Crippen MR) is 95.1 cm³/mol. The van der Waals surface area contributed by atoms with Gasteiger partial charge in [-0.1, -0.05) is 0 Å². The summed E-state index contributed by atoms with van der Waals surface area (Å²) in [7, 11) is 0. The highest BCUT2D eigenvalue weighted by Crippen LogP contribution is 2.14. The molecule has 0 spiro atoms. The zero-order valence-electron chi connectivity index (χ0n) is 14.5. The summed E-state index contributed by atoms with van der Waals surface area (Å²) < 4.78 is 8.08. The molecule has 1 aromatic carbocycles. The molecule has 0 radical (unpaired) electrons. The predicted octanol–water partition coefficient (Wildman–Crippen LogP) is 2.19. The number of aryl methyl sites for hydroxylation is 1. The van der Waals surface area contributed by atoms with Crippen LogP contribution in [0.2, 0.25) is 0 Å². The van der Waals surface area contributed by atoms with Gasteiger partial charge in [0.05, 0.1) is 18.5 Å². The van der Waals surface area contributed by atoms with E-state index in [9.17, 15) is 9.59 Å². The van der Waals surface area contributed by atoms with Crippen LogP contribution in [-0.4, -0.2) is 38.0 Å². The van der Waals surface area contributed by atoms with Crippen LogP contribution in [0, 0.1) is 6.92 Å². The van der Waals surface area contributed by atoms with Crippen molar-refractivity contribution in [2.75, 3.05) is 11.9 Å². The lowest BCUT2D eigenvalue weighted by molar-refractivity contribution is -0.116. The van der Waals surface area contributed by atoms with E-state index in [4.69, 9.17) is 4.74 Å². The lowest BCUT2D eigenvalue weighted by atomic mass is 10.3. The number of anilines is 1. The normalized spacial score (nSPS) is 10.5. The molecule has 3 aromatic rings. The summed E-state index contributed by atoms with van der Waals surface area (Å²) in [6.45, 7) is 4.12. The van der Waals surface area contributed by atoms with Gasteiger partial charge in [-0.3, -0.25) is 9.48 Å². The molecule has 1 N–H and O–H groups in total. The summed E-state index contributed by atoms with van der Waals surface area (Å²) in [6, 6.07) is 8.74. The standard InChI is InChI=1S/C18H19N5O3/c1-3-26-18(25)16-8-9-23(21-16)15-6-4-14(5-7-15)20-17(24)12-22-11-13(2)10-19-22/h4-11H,3,12H2,1-2H3,(H,20,24). The topological polar surface area (TPSA) is 91.0 Å². The molecule has 3 rings (SSSR count). The van der Waals surface area contributed by atoms with Crippen molar-refractivity contribution in [2.24, 2.45) is 0 Å². The van der Waals surface area contributed by atoms with Gasteiger partial charge in [-0.15, -0.1) is 0 Å². The van der Waals surface area contributed by atoms with Crippen molar-refractivity contribution in [3.8, 4) is 5.69 Å². The van der Waals surface area contributed by atoms with E-state index in [-0.39, 0.29) is 18.1 Å². The molecule has 2 heterocycles. The summed E-state index contributed by atoms with van der Waals surface area (Å²) in [5, 5.41) is 11.1. The minimum atomic E-state index is -0.455. The molecule has 0 aliphatic heterocycles. The molecule has 8 heteroatoms. The van der Waals surface area contributed by atoms with E-state index in [0.717, 1.165) is 11.3 Å². The fraction of sp³-hybridized carbons (Fsp3) is 0.222. The van der Waals surface area contributed by atoms with Gasteiger partial charge in [0.15, 0.2) is 5.69 Å². The Bertz CT molecular complexity index is 911. The van der Waals surface area contributed by atoms with Crippen LogP contribution in [0.3, 0.4) is 0 Å². The lowest BCUT2D eigenvalue weighted by Crippen LogP contribution is -2.19. The number of ether oxygens (including phenoxy) is 1. The number of esters is 1. The Morgan fingerprint density at radius 2 is 1.96 bits per heavy atom. The highest BCUT2D eigenvalue weighted by molar-refractivity contribution is 5.90. The minimum absolute atomic E-state index is 0.150. The molecule has 2 aromatic heterocycles. The van der Waals surface area contributed by atoms with E-state index < -0.39 is 5.97 Å².